The fourth-order valence-corrected chi connectivity index (χ4v) is 5.02. The summed E-state index contributed by atoms with van der Waals surface area (Å²) in [5.41, 5.74) is 1.10. The molecule has 1 aliphatic rings. The van der Waals surface area contributed by atoms with Gasteiger partial charge in [0.25, 0.3) is 0 Å². The van der Waals surface area contributed by atoms with E-state index in [0.29, 0.717) is 10.9 Å². The minimum absolute atomic E-state index is 0.127. The molecule has 118 valence electrons. The zero-order valence-electron chi connectivity index (χ0n) is 12.9. The Balaban J connectivity index is 2.09. The molecule has 0 bridgehead atoms. The molecule has 0 amide bonds. The van der Waals surface area contributed by atoms with Crippen molar-refractivity contribution in [3.8, 4) is 0 Å². The molecule has 1 heterocycles. The number of nitrogens with one attached hydrogen (secondary N) is 1. The van der Waals surface area contributed by atoms with Crippen LogP contribution < -0.4 is 5.32 Å². The standard InChI is InChI=1S/C15H24N2O2S2/c1-12(2)16-10-13-4-6-15(7-5-13)21(18,19)17(3)14-8-9-20-11-14/h4-7,12,14,16H,8-11H2,1-3H3. The maximum atomic E-state index is 12.6. The fraction of sp³-hybridized carbons (Fsp3) is 0.600. The summed E-state index contributed by atoms with van der Waals surface area (Å²) in [6.07, 6.45) is 0.941. The highest BCUT2D eigenvalue weighted by Gasteiger charge is 2.30. The average molecular weight is 329 g/mol. The van der Waals surface area contributed by atoms with Crippen molar-refractivity contribution in [2.75, 3.05) is 18.6 Å². The first-order chi connectivity index (χ1) is 9.91. The summed E-state index contributed by atoms with van der Waals surface area (Å²) in [5, 5.41) is 3.32. The Morgan fingerprint density at radius 3 is 2.52 bits per heavy atom. The van der Waals surface area contributed by atoms with Gasteiger partial charge in [0.2, 0.25) is 10.0 Å². The second-order valence-electron chi connectivity index (χ2n) is 5.72. The molecule has 1 saturated heterocycles. The van der Waals surface area contributed by atoms with Gasteiger partial charge in [0.1, 0.15) is 0 Å². The molecule has 0 aromatic heterocycles. The number of thioether (sulfide) groups is 1. The Morgan fingerprint density at radius 1 is 1.33 bits per heavy atom. The summed E-state index contributed by atoms with van der Waals surface area (Å²) < 4.78 is 26.7. The van der Waals surface area contributed by atoms with Crippen LogP contribution in [0.3, 0.4) is 0 Å². The van der Waals surface area contributed by atoms with Gasteiger partial charge in [-0.1, -0.05) is 26.0 Å². The first-order valence-corrected chi connectivity index (χ1v) is 9.89. The van der Waals surface area contributed by atoms with Crippen molar-refractivity contribution in [3.63, 3.8) is 0 Å². The Hall–Kier alpha value is -0.560. The zero-order chi connectivity index (χ0) is 15.5. The Kier molecular flexibility index (Phi) is 5.71. The van der Waals surface area contributed by atoms with E-state index in [9.17, 15) is 8.42 Å². The minimum atomic E-state index is -3.37. The first-order valence-electron chi connectivity index (χ1n) is 7.29. The lowest BCUT2D eigenvalue weighted by Gasteiger charge is -2.23. The van der Waals surface area contributed by atoms with Crippen LogP contribution in [0.15, 0.2) is 29.2 Å². The molecule has 1 atom stereocenters. The molecule has 2 rings (SSSR count). The number of rotatable bonds is 6. The second kappa shape index (κ2) is 7.13. The predicted octanol–water partition coefficient (Wildman–Crippen LogP) is 2.31. The monoisotopic (exact) mass is 328 g/mol. The third kappa shape index (κ3) is 4.22. The van der Waals surface area contributed by atoms with Crippen LogP contribution in [-0.2, 0) is 16.6 Å². The Labute approximate surface area is 132 Å². The number of hydrogen-bond acceptors (Lipinski definition) is 4. The van der Waals surface area contributed by atoms with E-state index in [4.69, 9.17) is 0 Å². The van der Waals surface area contributed by atoms with Crippen LogP contribution in [0.1, 0.15) is 25.8 Å². The molecular weight excluding hydrogens is 304 g/mol. The smallest absolute Gasteiger partial charge is 0.243 e. The van der Waals surface area contributed by atoms with Crippen LogP contribution in [0.5, 0.6) is 0 Å². The number of hydrogen-bond donors (Lipinski definition) is 1. The Bertz CT molecular complexity index is 550. The molecule has 0 spiro atoms. The summed E-state index contributed by atoms with van der Waals surface area (Å²) in [5.74, 6) is 1.94. The van der Waals surface area contributed by atoms with Crippen LogP contribution in [0, 0.1) is 0 Å². The molecule has 1 aromatic carbocycles. The van der Waals surface area contributed by atoms with Crippen molar-refractivity contribution in [3.05, 3.63) is 29.8 Å². The first kappa shape index (κ1) is 16.8. The molecule has 1 fully saturated rings. The van der Waals surface area contributed by atoms with Gasteiger partial charge in [-0.05, 0) is 29.9 Å². The molecule has 1 aromatic rings. The third-order valence-corrected chi connectivity index (χ3v) is 6.80. The van der Waals surface area contributed by atoms with Gasteiger partial charge in [-0.3, -0.25) is 0 Å². The van der Waals surface area contributed by atoms with Crippen LogP contribution in [0.2, 0.25) is 0 Å². The average Bonchev–Trinajstić information content (AvgIpc) is 2.98. The normalized spacial score (nSPS) is 19.6. The zero-order valence-corrected chi connectivity index (χ0v) is 14.5. The van der Waals surface area contributed by atoms with Gasteiger partial charge >= 0.3 is 0 Å². The van der Waals surface area contributed by atoms with E-state index in [1.807, 2.05) is 23.9 Å². The minimum Gasteiger partial charge on any atom is -0.310 e. The number of benzene rings is 1. The van der Waals surface area contributed by atoms with E-state index < -0.39 is 10.0 Å². The van der Waals surface area contributed by atoms with Gasteiger partial charge in [0.15, 0.2) is 0 Å². The molecule has 1 aliphatic heterocycles. The predicted molar refractivity (Wildman–Crippen MR) is 89.1 cm³/mol. The molecule has 0 radical (unpaired) electrons. The van der Waals surface area contributed by atoms with Crippen molar-refractivity contribution in [1.82, 2.24) is 9.62 Å². The molecule has 0 aliphatic carbocycles. The molecule has 6 heteroatoms. The summed E-state index contributed by atoms with van der Waals surface area (Å²) in [6.45, 7) is 4.94. The van der Waals surface area contributed by atoms with Crippen molar-refractivity contribution in [2.24, 2.45) is 0 Å². The maximum absolute atomic E-state index is 12.6. The van der Waals surface area contributed by atoms with E-state index in [0.717, 1.165) is 30.0 Å². The van der Waals surface area contributed by atoms with Crippen molar-refractivity contribution in [2.45, 2.75) is 43.8 Å². The molecule has 1 N–H and O–H groups in total. The Morgan fingerprint density at radius 2 is 2.00 bits per heavy atom. The van der Waals surface area contributed by atoms with Crippen LogP contribution in [0.4, 0.5) is 0 Å². The molecular formula is C15H24N2O2S2. The maximum Gasteiger partial charge on any atom is 0.243 e. The van der Waals surface area contributed by atoms with E-state index in [1.165, 1.54) is 4.31 Å². The van der Waals surface area contributed by atoms with E-state index in [2.05, 4.69) is 19.2 Å². The van der Waals surface area contributed by atoms with Gasteiger partial charge in [-0.25, -0.2) is 8.42 Å². The summed E-state index contributed by atoms with van der Waals surface area (Å²) in [7, 11) is -1.68. The van der Waals surface area contributed by atoms with E-state index >= 15 is 0 Å². The van der Waals surface area contributed by atoms with Gasteiger partial charge in [0, 0.05) is 31.4 Å². The van der Waals surface area contributed by atoms with Crippen molar-refractivity contribution >= 4 is 21.8 Å². The quantitative estimate of drug-likeness (QED) is 0.870. The summed E-state index contributed by atoms with van der Waals surface area (Å²) >= 11 is 1.82. The van der Waals surface area contributed by atoms with Crippen LogP contribution in [-0.4, -0.2) is 43.4 Å². The van der Waals surface area contributed by atoms with Crippen molar-refractivity contribution in [1.29, 1.82) is 0 Å². The highest BCUT2D eigenvalue weighted by molar-refractivity contribution is 7.99. The van der Waals surface area contributed by atoms with Gasteiger partial charge in [0.05, 0.1) is 4.90 Å². The SMILES string of the molecule is CC(C)NCc1ccc(S(=O)(=O)N(C)C2CCSC2)cc1. The fourth-order valence-electron chi connectivity index (χ4n) is 2.27. The number of nitrogens with zero attached hydrogens (tertiary/aromatic N) is 1. The topological polar surface area (TPSA) is 49.4 Å². The van der Waals surface area contributed by atoms with Gasteiger partial charge in [-0.2, -0.15) is 16.1 Å². The molecule has 0 saturated carbocycles. The lowest BCUT2D eigenvalue weighted by Crippen LogP contribution is -2.36. The largest absolute Gasteiger partial charge is 0.310 e. The van der Waals surface area contributed by atoms with Crippen LogP contribution >= 0.6 is 11.8 Å². The van der Waals surface area contributed by atoms with Gasteiger partial charge < -0.3 is 5.32 Å². The highest BCUT2D eigenvalue weighted by Crippen LogP contribution is 2.26. The second-order valence-corrected chi connectivity index (χ2v) is 8.87. The molecule has 1 unspecified atom stereocenters. The molecule has 4 nitrogen and oxygen atoms in total. The van der Waals surface area contributed by atoms with Crippen LogP contribution in [0.25, 0.3) is 0 Å². The van der Waals surface area contributed by atoms with E-state index in [-0.39, 0.29) is 6.04 Å². The molecule has 21 heavy (non-hydrogen) atoms. The number of sulfonamides is 1. The summed E-state index contributed by atoms with van der Waals surface area (Å²) in [6, 6.07) is 7.75. The summed E-state index contributed by atoms with van der Waals surface area (Å²) in [4.78, 5) is 0.384. The lowest BCUT2D eigenvalue weighted by atomic mass is 10.2. The van der Waals surface area contributed by atoms with Crippen molar-refractivity contribution < 1.29 is 8.42 Å². The third-order valence-electron chi connectivity index (χ3n) is 3.73. The van der Waals surface area contributed by atoms with E-state index in [1.54, 1.807) is 19.2 Å². The highest BCUT2D eigenvalue weighted by atomic mass is 32.2. The van der Waals surface area contributed by atoms with Gasteiger partial charge in [-0.15, -0.1) is 0 Å². The lowest BCUT2D eigenvalue weighted by molar-refractivity contribution is 0.394.